The Labute approximate surface area is 210 Å². The SMILES string of the molecule is C[C@@H](C1CC1)N(Cc1ccccc1)C(=O)CN1C(=O)OC2(CCc3cc(NS(C)(=O)=O)ccc32)C1=O. The first-order chi connectivity index (χ1) is 17.1. The fourth-order valence-corrected chi connectivity index (χ4v) is 5.78. The van der Waals surface area contributed by atoms with Crippen LogP contribution in [-0.2, 0) is 42.9 Å². The molecule has 9 nitrogen and oxygen atoms in total. The van der Waals surface area contributed by atoms with E-state index in [-0.39, 0.29) is 24.9 Å². The molecule has 0 aromatic heterocycles. The van der Waals surface area contributed by atoms with Gasteiger partial charge in [0.05, 0.1) is 6.26 Å². The van der Waals surface area contributed by atoms with Gasteiger partial charge in [0.15, 0.2) is 0 Å². The molecule has 2 atom stereocenters. The van der Waals surface area contributed by atoms with E-state index < -0.39 is 27.6 Å². The molecule has 2 aliphatic carbocycles. The Morgan fingerprint density at radius 3 is 2.58 bits per heavy atom. The molecule has 2 aromatic carbocycles. The fourth-order valence-electron chi connectivity index (χ4n) is 5.23. The lowest BCUT2D eigenvalue weighted by Crippen LogP contribution is -2.47. The van der Waals surface area contributed by atoms with Crippen LogP contribution in [0.4, 0.5) is 10.5 Å². The maximum atomic E-state index is 13.5. The van der Waals surface area contributed by atoms with Crippen molar-refractivity contribution in [2.45, 2.75) is 50.8 Å². The van der Waals surface area contributed by atoms with Gasteiger partial charge < -0.3 is 9.64 Å². The predicted molar refractivity (Wildman–Crippen MR) is 132 cm³/mol. The number of sulfonamides is 1. The van der Waals surface area contributed by atoms with E-state index in [1.54, 1.807) is 23.1 Å². The number of imide groups is 1. The van der Waals surface area contributed by atoms with Crippen molar-refractivity contribution >= 4 is 33.6 Å². The van der Waals surface area contributed by atoms with Gasteiger partial charge in [-0.1, -0.05) is 36.4 Å². The lowest BCUT2D eigenvalue weighted by atomic mass is 9.94. The highest BCUT2D eigenvalue weighted by molar-refractivity contribution is 7.92. The largest absolute Gasteiger partial charge is 0.427 e. The third-order valence-corrected chi connectivity index (χ3v) is 7.87. The Kier molecular flexibility index (Phi) is 6.02. The van der Waals surface area contributed by atoms with Crippen molar-refractivity contribution < 1.29 is 27.5 Å². The van der Waals surface area contributed by atoms with E-state index in [2.05, 4.69) is 4.72 Å². The standard InChI is InChI=1S/C26H29N3O6S/c1-17(19-8-9-19)28(15-18-6-4-3-5-7-18)23(30)16-29-24(31)26(35-25(29)32)13-12-20-14-21(10-11-22(20)26)27-36(2,33)34/h3-7,10-11,14,17,19,27H,8-9,12-13,15-16H2,1-2H3/t17-,26?/m0/s1. The van der Waals surface area contributed by atoms with Crippen molar-refractivity contribution in [3.05, 3.63) is 65.2 Å². The van der Waals surface area contributed by atoms with Gasteiger partial charge in [0.2, 0.25) is 21.5 Å². The van der Waals surface area contributed by atoms with E-state index >= 15 is 0 Å². The molecule has 2 fully saturated rings. The molecule has 10 heteroatoms. The molecule has 2 aromatic rings. The maximum Gasteiger partial charge on any atom is 0.418 e. The summed E-state index contributed by atoms with van der Waals surface area (Å²) in [5, 5.41) is 0. The molecule has 5 rings (SSSR count). The summed E-state index contributed by atoms with van der Waals surface area (Å²) < 4.78 is 31.2. The van der Waals surface area contributed by atoms with Gasteiger partial charge in [-0.2, -0.15) is 0 Å². The third kappa shape index (κ3) is 4.57. The van der Waals surface area contributed by atoms with Crippen molar-refractivity contribution in [1.82, 2.24) is 9.80 Å². The molecule has 0 radical (unpaired) electrons. The van der Waals surface area contributed by atoms with E-state index in [1.807, 2.05) is 37.3 Å². The number of amides is 3. The number of nitrogens with one attached hydrogen (secondary N) is 1. The number of aryl methyl sites for hydroxylation is 1. The van der Waals surface area contributed by atoms with Crippen LogP contribution in [0.2, 0.25) is 0 Å². The highest BCUT2D eigenvalue weighted by Gasteiger charge is 2.58. The number of rotatable bonds is 8. The highest BCUT2D eigenvalue weighted by atomic mass is 32.2. The predicted octanol–water partition coefficient (Wildman–Crippen LogP) is 3.01. The van der Waals surface area contributed by atoms with Crippen LogP contribution in [0.3, 0.4) is 0 Å². The van der Waals surface area contributed by atoms with Crippen LogP contribution in [0.15, 0.2) is 48.5 Å². The average Bonchev–Trinajstić information content (AvgIpc) is 3.58. The number of nitrogens with zero attached hydrogens (tertiary/aromatic N) is 2. The molecule has 1 aliphatic heterocycles. The van der Waals surface area contributed by atoms with Crippen LogP contribution in [-0.4, -0.2) is 55.0 Å². The second-order valence-corrected chi connectivity index (χ2v) is 11.7. The van der Waals surface area contributed by atoms with Crippen LogP contribution in [0.25, 0.3) is 0 Å². The average molecular weight is 512 g/mol. The molecule has 36 heavy (non-hydrogen) atoms. The van der Waals surface area contributed by atoms with Gasteiger partial charge in [-0.05, 0) is 55.4 Å². The summed E-state index contributed by atoms with van der Waals surface area (Å²) in [5.74, 6) is -0.435. The van der Waals surface area contributed by atoms with Crippen molar-refractivity contribution in [1.29, 1.82) is 0 Å². The van der Waals surface area contributed by atoms with Crippen LogP contribution in [0.1, 0.15) is 42.9 Å². The van der Waals surface area contributed by atoms with Crippen molar-refractivity contribution in [3.8, 4) is 0 Å². The number of carbonyl (C=O) groups is 3. The lowest BCUT2D eigenvalue weighted by Gasteiger charge is -2.30. The molecule has 3 aliphatic rings. The summed E-state index contributed by atoms with van der Waals surface area (Å²) >= 11 is 0. The van der Waals surface area contributed by atoms with E-state index in [1.165, 1.54) is 0 Å². The van der Waals surface area contributed by atoms with E-state index in [9.17, 15) is 22.8 Å². The summed E-state index contributed by atoms with van der Waals surface area (Å²) in [5.41, 5.74) is 1.13. The van der Waals surface area contributed by atoms with Gasteiger partial charge in [-0.3, -0.25) is 14.3 Å². The molecule has 1 unspecified atom stereocenters. The molecule has 190 valence electrons. The Balaban J connectivity index is 1.36. The fraction of sp³-hybridized carbons (Fsp3) is 0.423. The zero-order chi connectivity index (χ0) is 25.7. The zero-order valence-electron chi connectivity index (χ0n) is 20.3. The van der Waals surface area contributed by atoms with Gasteiger partial charge in [0.1, 0.15) is 6.54 Å². The molecular formula is C26H29N3O6S. The number of anilines is 1. The smallest absolute Gasteiger partial charge is 0.418 e. The number of fused-ring (bicyclic) bond motifs is 2. The van der Waals surface area contributed by atoms with Gasteiger partial charge in [0, 0.05) is 30.3 Å². The quantitative estimate of drug-likeness (QED) is 0.583. The first-order valence-corrected chi connectivity index (χ1v) is 14.0. The maximum absolute atomic E-state index is 13.5. The second kappa shape index (κ2) is 8.92. The molecule has 1 saturated carbocycles. The Bertz CT molecular complexity index is 1320. The summed E-state index contributed by atoms with van der Waals surface area (Å²) in [4.78, 5) is 42.5. The van der Waals surface area contributed by atoms with E-state index in [4.69, 9.17) is 4.74 Å². The summed E-state index contributed by atoms with van der Waals surface area (Å²) in [6, 6.07) is 14.5. The van der Waals surface area contributed by atoms with Crippen LogP contribution >= 0.6 is 0 Å². The van der Waals surface area contributed by atoms with Gasteiger partial charge >= 0.3 is 6.09 Å². The third-order valence-electron chi connectivity index (χ3n) is 7.27. The number of ether oxygens (including phenoxy) is 1. The minimum Gasteiger partial charge on any atom is -0.427 e. The van der Waals surface area contributed by atoms with Crippen LogP contribution < -0.4 is 4.72 Å². The van der Waals surface area contributed by atoms with E-state index in [0.717, 1.165) is 35.1 Å². The van der Waals surface area contributed by atoms with Crippen molar-refractivity contribution in [2.75, 3.05) is 17.5 Å². The van der Waals surface area contributed by atoms with Crippen LogP contribution in [0, 0.1) is 5.92 Å². The molecular weight excluding hydrogens is 482 g/mol. The molecule has 1 N–H and O–H groups in total. The van der Waals surface area contributed by atoms with Crippen molar-refractivity contribution in [2.24, 2.45) is 5.92 Å². The van der Waals surface area contributed by atoms with Gasteiger partial charge in [-0.15, -0.1) is 0 Å². The minimum absolute atomic E-state index is 0.00614. The first-order valence-electron chi connectivity index (χ1n) is 12.1. The summed E-state index contributed by atoms with van der Waals surface area (Å²) in [6.07, 6.45) is 3.02. The molecule has 3 amide bonds. The van der Waals surface area contributed by atoms with Crippen LogP contribution in [0.5, 0.6) is 0 Å². The Hall–Kier alpha value is -3.40. The highest BCUT2D eigenvalue weighted by Crippen LogP contribution is 2.46. The van der Waals surface area contributed by atoms with Crippen molar-refractivity contribution in [3.63, 3.8) is 0 Å². The Morgan fingerprint density at radius 1 is 1.19 bits per heavy atom. The number of hydrogen-bond acceptors (Lipinski definition) is 6. The molecule has 0 bridgehead atoms. The Morgan fingerprint density at radius 2 is 1.92 bits per heavy atom. The number of hydrogen-bond donors (Lipinski definition) is 1. The summed E-state index contributed by atoms with van der Waals surface area (Å²) in [6.45, 7) is 2.03. The lowest BCUT2D eigenvalue weighted by molar-refractivity contribution is -0.143. The zero-order valence-corrected chi connectivity index (χ0v) is 21.1. The van der Waals surface area contributed by atoms with Gasteiger partial charge in [0.25, 0.3) is 5.91 Å². The molecule has 1 spiro atoms. The van der Waals surface area contributed by atoms with Gasteiger partial charge in [-0.25, -0.2) is 18.1 Å². The monoisotopic (exact) mass is 511 g/mol. The normalized spacial score (nSPS) is 21.9. The number of carbonyl (C=O) groups excluding carboxylic acids is 3. The first kappa shape index (κ1) is 24.3. The topological polar surface area (TPSA) is 113 Å². The minimum atomic E-state index is -3.46. The number of benzene rings is 2. The van der Waals surface area contributed by atoms with E-state index in [0.29, 0.717) is 30.1 Å². The molecule has 1 saturated heterocycles. The second-order valence-electron chi connectivity index (χ2n) is 9.92. The summed E-state index contributed by atoms with van der Waals surface area (Å²) in [7, 11) is -3.46. The molecule has 1 heterocycles.